The maximum atomic E-state index is 12.7. The first-order valence-corrected chi connectivity index (χ1v) is 11.0. The fourth-order valence-electron chi connectivity index (χ4n) is 5.30. The number of amides is 1. The summed E-state index contributed by atoms with van der Waals surface area (Å²) in [6.45, 7) is 2.93. The molecule has 1 amide bonds. The number of likely N-dealkylation sites (tertiary alicyclic amines) is 1. The van der Waals surface area contributed by atoms with Crippen LogP contribution in [0.5, 0.6) is 5.75 Å². The Labute approximate surface area is 180 Å². The second-order valence-corrected chi connectivity index (χ2v) is 8.79. The number of hydrogen-bond acceptors (Lipinski definition) is 5. The van der Waals surface area contributed by atoms with E-state index in [-0.39, 0.29) is 17.8 Å². The highest BCUT2D eigenvalue weighted by Gasteiger charge is 2.44. The van der Waals surface area contributed by atoms with Gasteiger partial charge in [0, 0.05) is 32.5 Å². The van der Waals surface area contributed by atoms with Crippen LogP contribution in [0.2, 0.25) is 0 Å². The third-order valence-corrected chi connectivity index (χ3v) is 6.86. The van der Waals surface area contributed by atoms with Crippen LogP contribution in [-0.4, -0.2) is 64.2 Å². The van der Waals surface area contributed by atoms with Crippen molar-refractivity contribution in [1.82, 2.24) is 14.7 Å². The molecule has 8 nitrogen and oxygen atoms in total. The highest BCUT2D eigenvalue weighted by atomic mass is 16.5. The Morgan fingerprint density at radius 1 is 1.06 bits per heavy atom. The minimum atomic E-state index is -1.13. The van der Waals surface area contributed by atoms with E-state index >= 15 is 0 Å². The molecule has 164 valence electrons. The summed E-state index contributed by atoms with van der Waals surface area (Å²) >= 11 is 0. The normalized spacial score (nSPS) is 26.1. The molecule has 5 rings (SSSR count). The first-order valence-electron chi connectivity index (χ1n) is 11.0. The standard InChI is InChI=1S/C23H27N3O5/c27-22(28)20-5-8-26(24-20)23(29)25-13-16-11-18(12-17(16)14-25)31-21-4-2-1-3-19(21)15-6-9-30-10-7-15/h1-5,8,15-18H,6-7,9-14H2,(H,27,28). The molecule has 3 heterocycles. The van der Waals surface area contributed by atoms with Crippen molar-refractivity contribution in [2.75, 3.05) is 26.3 Å². The number of para-hydroxylation sites is 1. The van der Waals surface area contributed by atoms with Crippen LogP contribution in [0.4, 0.5) is 4.79 Å². The van der Waals surface area contributed by atoms with Crippen molar-refractivity contribution in [2.45, 2.75) is 37.7 Å². The molecule has 31 heavy (non-hydrogen) atoms. The van der Waals surface area contributed by atoms with Gasteiger partial charge in [-0.05, 0) is 61.1 Å². The molecule has 1 aromatic heterocycles. The van der Waals surface area contributed by atoms with Crippen molar-refractivity contribution in [2.24, 2.45) is 11.8 Å². The number of carbonyl (C=O) groups excluding carboxylic acids is 1. The molecule has 2 atom stereocenters. The minimum Gasteiger partial charge on any atom is -0.490 e. The summed E-state index contributed by atoms with van der Waals surface area (Å²) in [4.78, 5) is 25.5. The van der Waals surface area contributed by atoms with E-state index in [1.54, 1.807) is 4.90 Å². The molecule has 3 fully saturated rings. The van der Waals surface area contributed by atoms with Crippen molar-refractivity contribution in [3.05, 3.63) is 47.8 Å². The molecule has 2 aromatic rings. The van der Waals surface area contributed by atoms with Gasteiger partial charge in [-0.1, -0.05) is 18.2 Å². The Kier molecular flexibility index (Phi) is 5.40. The van der Waals surface area contributed by atoms with Crippen molar-refractivity contribution >= 4 is 12.0 Å². The number of ether oxygens (including phenoxy) is 2. The lowest BCUT2D eigenvalue weighted by molar-refractivity contribution is 0.0689. The van der Waals surface area contributed by atoms with Gasteiger partial charge in [-0.2, -0.15) is 9.78 Å². The molecule has 3 aliphatic rings. The first kappa shape index (κ1) is 20.1. The molecule has 1 N–H and O–H groups in total. The van der Waals surface area contributed by atoms with Gasteiger partial charge in [-0.3, -0.25) is 0 Å². The molecule has 0 bridgehead atoms. The number of rotatable bonds is 4. The molecule has 0 spiro atoms. The van der Waals surface area contributed by atoms with Gasteiger partial charge in [0.15, 0.2) is 5.69 Å². The zero-order valence-electron chi connectivity index (χ0n) is 17.4. The molecule has 0 radical (unpaired) electrons. The van der Waals surface area contributed by atoms with Gasteiger partial charge < -0.3 is 19.5 Å². The number of benzene rings is 1. The van der Waals surface area contributed by atoms with Crippen LogP contribution in [0.15, 0.2) is 36.5 Å². The number of nitrogens with zero attached hydrogens (tertiary/aromatic N) is 3. The highest BCUT2D eigenvalue weighted by Crippen LogP contribution is 2.41. The molecule has 1 aromatic carbocycles. The zero-order valence-corrected chi connectivity index (χ0v) is 17.4. The van der Waals surface area contributed by atoms with Gasteiger partial charge in [0.1, 0.15) is 5.75 Å². The predicted octanol–water partition coefficient (Wildman–Crippen LogP) is 3.23. The molecule has 2 saturated heterocycles. The Bertz CT molecular complexity index is 954. The molecule has 2 aliphatic heterocycles. The third kappa shape index (κ3) is 4.04. The zero-order chi connectivity index (χ0) is 21.4. The fourth-order valence-corrected chi connectivity index (χ4v) is 5.30. The van der Waals surface area contributed by atoms with Crippen LogP contribution >= 0.6 is 0 Å². The number of aromatic nitrogens is 2. The van der Waals surface area contributed by atoms with Crippen LogP contribution in [-0.2, 0) is 4.74 Å². The number of fused-ring (bicyclic) bond motifs is 1. The second-order valence-electron chi connectivity index (χ2n) is 8.79. The average Bonchev–Trinajstić information content (AvgIpc) is 3.49. The van der Waals surface area contributed by atoms with E-state index in [0.717, 1.165) is 49.3 Å². The lowest BCUT2D eigenvalue weighted by Gasteiger charge is -2.26. The fraction of sp³-hybridized carbons (Fsp3) is 0.522. The van der Waals surface area contributed by atoms with Crippen LogP contribution in [0.3, 0.4) is 0 Å². The predicted molar refractivity (Wildman–Crippen MR) is 111 cm³/mol. The van der Waals surface area contributed by atoms with E-state index in [9.17, 15) is 9.59 Å². The molecule has 1 aliphatic carbocycles. The van der Waals surface area contributed by atoms with Gasteiger partial charge in [-0.15, -0.1) is 0 Å². The van der Waals surface area contributed by atoms with Gasteiger partial charge in [-0.25, -0.2) is 9.59 Å². The van der Waals surface area contributed by atoms with Crippen LogP contribution < -0.4 is 4.74 Å². The Hall–Kier alpha value is -2.87. The van der Waals surface area contributed by atoms with Crippen LogP contribution in [0, 0.1) is 11.8 Å². The summed E-state index contributed by atoms with van der Waals surface area (Å²) in [6.07, 6.45) is 5.50. The smallest absolute Gasteiger partial charge is 0.356 e. The Morgan fingerprint density at radius 3 is 2.45 bits per heavy atom. The van der Waals surface area contributed by atoms with Crippen molar-refractivity contribution in [3.8, 4) is 5.75 Å². The quantitative estimate of drug-likeness (QED) is 0.808. The summed E-state index contributed by atoms with van der Waals surface area (Å²) < 4.78 is 13.1. The first-order chi connectivity index (χ1) is 15.1. The van der Waals surface area contributed by atoms with E-state index < -0.39 is 5.97 Å². The van der Waals surface area contributed by atoms with E-state index in [1.165, 1.54) is 17.8 Å². The summed E-state index contributed by atoms with van der Waals surface area (Å²) in [5.74, 6) is 1.15. The lowest BCUT2D eigenvalue weighted by Crippen LogP contribution is -2.34. The number of carboxylic acids is 1. The average molecular weight is 425 g/mol. The summed E-state index contributed by atoms with van der Waals surface area (Å²) in [7, 11) is 0. The summed E-state index contributed by atoms with van der Waals surface area (Å²) in [6, 6.07) is 9.45. The topological polar surface area (TPSA) is 93.9 Å². The number of carbonyl (C=O) groups is 2. The molecule has 1 saturated carbocycles. The van der Waals surface area contributed by atoms with E-state index in [1.807, 2.05) is 6.07 Å². The lowest BCUT2D eigenvalue weighted by atomic mass is 9.91. The van der Waals surface area contributed by atoms with Crippen molar-refractivity contribution < 1.29 is 24.2 Å². The third-order valence-electron chi connectivity index (χ3n) is 6.86. The van der Waals surface area contributed by atoms with Crippen LogP contribution in [0.1, 0.15) is 47.7 Å². The Morgan fingerprint density at radius 2 is 1.77 bits per heavy atom. The molecular formula is C23H27N3O5. The highest BCUT2D eigenvalue weighted by molar-refractivity contribution is 5.86. The van der Waals surface area contributed by atoms with E-state index in [2.05, 4.69) is 23.3 Å². The van der Waals surface area contributed by atoms with Gasteiger partial charge in [0.2, 0.25) is 0 Å². The number of aromatic carboxylic acids is 1. The Balaban J connectivity index is 1.20. The minimum absolute atomic E-state index is 0.121. The van der Waals surface area contributed by atoms with E-state index in [0.29, 0.717) is 30.8 Å². The largest absolute Gasteiger partial charge is 0.490 e. The maximum absolute atomic E-state index is 12.7. The van der Waals surface area contributed by atoms with Crippen LogP contribution in [0.25, 0.3) is 0 Å². The summed E-state index contributed by atoms with van der Waals surface area (Å²) in [5.41, 5.74) is 1.16. The van der Waals surface area contributed by atoms with E-state index in [4.69, 9.17) is 14.6 Å². The molecule has 2 unspecified atom stereocenters. The number of hydrogen-bond donors (Lipinski definition) is 1. The van der Waals surface area contributed by atoms with Gasteiger partial charge in [0.25, 0.3) is 0 Å². The van der Waals surface area contributed by atoms with Gasteiger partial charge >= 0.3 is 12.0 Å². The van der Waals surface area contributed by atoms with Crippen molar-refractivity contribution in [3.63, 3.8) is 0 Å². The molecular weight excluding hydrogens is 398 g/mol. The second kappa shape index (κ2) is 8.34. The van der Waals surface area contributed by atoms with Crippen molar-refractivity contribution in [1.29, 1.82) is 0 Å². The molecule has 8 heteroatoms. The maximum Gasteiger partial charge on any atom is 0.356 e. The summed E-state index contributed by atoms with van der Waals surface area (Å²) in [5, 5.41) is 12.9. The monoisotopic (exact) mass is 425 g/mol. The SMILES string of the molecule is O=C(O)c1ccn(C(=O)N2CC3CC(Oc4ccccc4C4CCOCC4)CC3C2)n1. The van der Waals surface area contributed by atoms with Gasteiger partial charge in [0.05, 0.1) is 6.10 Å². The number of carboxylic acid groups (broad SMARTS) is 1.